The fraction of sp³-hybridized carbons (Fsp3) is 0.500. The summed E-state index contributed by atoms with van der Waals surface area (Å²) >= 11 is 0. The minimum Gasteiger partial charge on any atom is -0.464 e. The number of hydrogen-bond acceptors (Lipinski definition) is 12. The van der Waals surface area contributed by atoms with Crippen molar-refractivity contribution < 1.29 is 38.4 Å². The number of unbranched alkanes of at least 4 members (excludes halogenated alkanes) is 1. The third-order valence-electron chi connectivity index (χ3n) is 5.71. The predicted octanol–water partition coefficient (Wildman–Crippen LogP) is 1.52. The Kier molecular flexibility index (Phi) is 10.4. The number of carbonyl (C=O) groups is 1. The number of nitrogens with two attached hydrogens (primary N) is 1. The number of aliphatic hydroxyl groups excluding tert-OH is 2. The molecule has 2 aromatic rings. The summed E-state index contributed by atoms with van der Waals surface area (Å²) in [7, 11) is -3.47. The third-order valence-corrected chi connectivity index (χ3v) is 6.94. The Morgan fingerprint density at radius 1 is 1.38 bits per heavy atom. The van der Waals surface area contributed by atoms with Crippen LogP contribution in [0.2, 0.25) is 0 Å². The Balaban J connectivity index is 1.83. The van der Waals surface area contributed by atoms with Crippen LogP contribution < -0.4 is 16.3 Å². The molecule has 1 aromatic carbocycles. The number of ether oxygens (including phenoxy) is 2. The van der Waals surface area contributed by atoms with Gasteiger partial charge >= 0.3 is 11.7 Å². The molecule has 212 valence electrons. The normalized spacial score (nSPS) is 24.1. The number of anilines is 1. The molecular formula is C22H30N7O9P. The molecule has 0 saturated carbocycles. The number of rotatable bonds is 13. The minimum atomic E-state index is -3.47. The Hall–Kier alpha value is -3.49. The van der Waals surface area contributed by atoms with Crippen LogP contribution in [0.15, 0.2) is 52.5 Å². The molecule has 1 fully saturated rings. The Morgan fingerprint density at radius 2 is 2.10 bits per heavy atom. The molecule has 4 N–H and O–H groups in total. The zero-order valence-electron chi connectivity index (χ0n) is 21.2. The van der Waals surface area contributed by atoms with Crippen molar-refractivity contribution >= 4 is 20.0 Å². The number of hydrogen-bond donors (Lipinski definition) is 3. The van der Waals surface area contributed by atoms with E-state index in [9.17, 15) is 24.4 Å². The van der Waals surface area contributed by atoms with E-state index in [0.717, 1.165) is 15.8 Å². The molecule has 2 heterocycles. The van der Waals surface area contributed by atoms with Crippen LogP contribution in [0.4, 0.5) is 5.82 Å². The molecule has 17 heteroatoms. The van der Waals surface area contributed by atoms with Gasteiger partial charge < -0.3 is 34.8 Å². The van der Waals surface area contributed by atoms with Crippen LogP contribution in [-0.4, -0.2) is 67.8 Å². The summed E-state index contributed by atoms with van der Waals surface area (Å²) in [6, 6.07) is 8.22. The number of para-hydroxylation sites is 1. The lowest BCUT2D eigenvalue weighted by Crippen LogP contribution is -2.45. The Morgan fingerprint density at radius 3 is 2.74 bits per heavy atom. The van der Waals surface area contributed by atoms with Crippen molar-refractivity contribution in [3.63, 3.8) is 0 Å². The maximum Gasteiger partial charge on any atom is 0.351 e. The number of nitrogen functional groups attached to an aromatic ring is 1. The first-order chi connectivity index (χ1) is 18.6. The highest BCUT2D eigenvalue weighted by atomic mass is 31.1. The van der Waals surface area contributed by atoms with Crippen LogP contribution in [0.1, 0.15) is 32.9 Å². The van der Waals surface area contributed by atoms with Crippen LogP contribution in [-0.2, 0) is 23.4 Å². The molecule has 0 radical (unpaired) electrons. The van der Waals surface area contributed by atoms with Gasteiger partial charge in [0.25, 0.3) is 8.18 Å². The van der Waals surface area contributed by atoms with Crippen molar-refractivity contribution in [3.05, 3.63) is 63.5 Å². The fourth-order valence-corrected chi connectivity index (χ4v) is 4.61. The molecule has 0 amide bonds. The smallest absolute Gasteiger partial charge is 0.351 e. The minimum absolute atomic E-state index is 0.0895. The van der Waals surface area contributed by atoms with E-state index in [-0.39, 0.29) is 18.2 Å². The molecule has 1 aliphatic heterocycles. The second-order valence-corrected chi connectivity index (χ2v) is 9.76. The number of azide groups is 1. The Bertz CT molecular complexity index is 1260. The molecule has 3 rings (SSSR count). The largest absolute Gasteiger partial charge is 0.464 e. The standard InChI is InChI=1S/C22H30N7O9P/c1-3-4-12-35-20(32)14(2)29(38-15-8-6-5-7-9-15)39(34)36-13-22(26-27-24)18(31)17(30)19(37-22)28-11-10-16(23)25-21(28)33/h5-11,14,17-19,30-31,39H,3-4,12-13H2,1-2H3,(H2,23,25,33)/t14?,17-,18+,19-,22-/m1/s1. The zero-order chi connectivity index (χ0) is 28.6. The number of nitrogens with zero attached hydrogens (tertiary/aromatic N) is 6. The number of esters is 1. The average Bonchev–Trinajstić information content (AvgIpc) is 3.16. The quantitative estimate of drug-likeness (QED) is 0.0596. The van der Waals surface area contributed by atoms with Gasteiger partial charge in [0.15, 0.2) is 6.23 Å². The monoisotopic (exact) mass is 567 g/mol. The molecular weight excluding hydrogens is 537 g/mol. The van der Waals surface area contributed by atoms with Crippen LogP contribution in [0.5, 0.6) is 5.75 Å². The molecule has 1 aliphatic rings. The van der Waals surface area contributed by atoms with E-state index >= 15 is 0 Å². The van der Waals surface area contributed by atoms with Gasteiger partial charge in [-0.15, -0.1) is 0 Å². The molecule has 2 unspecified atom stereocenters. The van der Waals surface area contributed by atoms with E-state index in [0.29, 0.717) is 6.42 Å². The SMILES string of the molecule is CCCCOC(=O)C(C)N(Oc1ccccc1)[PH](=O)OC[C@@]1(N=[N+]=[N-])O[C@@H](n2ccc(N)nc2=O)[C@H](O)[C@@H]1O. The van der Waals surface area contributed by atoms with E-state index in [2.05, 4.69) is 15.0 Å². The summed E-state index contributed by atoms with van der Waals surface area (Å²) < 4.78 is 30.4. The van der Waals surface area contributed by atoms with Crippen molar-refractivity contribution in [1.29, 1.82) is 0 Å². The van der Waals surface area contributed by atoms with Crippen LogP contribution >= 0.6 is 8.18 Å². The van der Waals surface area contributed by atoms with Crippen molar-refractivity contribution in [2.75, 3.05) is 18.9 Å². The molecule has 16 nitrogen and oxygen atoms in total. The van der Waals surface area contributed by atoms with Gasteiger partial charge in [-0.05, 0) is 37.1 Å². The fourth-order valence-electron chi connectivity index (χ4n) is 3.55. The summed E-state index contributed by atoms with van der Waals surface area (Å²) in [4.78, 5) is 37.5. The Labute approximate surface area is 223 Å². The van der Waals surface area contributed by atoms with Gasteiger partial charge in [0.1, 0.15) is 29.8 Å². The van der Waals surface area contributed by atoms with Crippen molar-refractivity contribution in [1.82, 2.24) is 14.4 Å². The topological polar surface area (TPSA) is 224 Å². The number of hydroxylamine groups is 1. The maximum absolute atomic E-state index is 13.3. The first kappa shape index (κ1) is 30.1. The maximum atomic E-state index is 13.3. The number of aromatic nitrogens is 2. The van der Waals surface area contributed by atoms with Gasteiger partial charge in [-0.3, -0.25) is 13.9 Å². The first-order valence-electron chi connectivity index (χ1n) is 11.9. The molecule has 0 aliphatic carbocycles. The van der Waals surface area contributed by atoms with Gasteiger partial charge in [0, 0.05) is 11.1 Å². The molecule has 6 atom stereocenters. The number of benzene rings is 1. The highest BCUT2D eigenvalue weighted by Crippen LogP contribution is 2.41. The molecule has 1 aromatic heterocycles. The lowest BCUT2D eigenvalue weighted by molar-refractivity contribution is -0.155. The average molecular weight is 567 g/mol. The van der Waals surface area contributed by atoms with Crippen molar-refractivity contribution in [2.45, 2.75) is 56.9 Å². The lowest BCUT2D eigenvalue weighted by Gasteiger charge is -2.29. The molecule has 39 heavy (non-hydrogen) atoms. The first-order valence-corrected chi connectivity index (χ1v) is 13.2. The third kappa shape index (κ3) is 7.13. The van der Waals surface area contributed by atoms with E-state index in [1.807, 2.05) is 6.92 Å². The molecule has 1 saturated heterocycles. The van der Waals surface area contributed by atoms with Crippen LogP contribution in [0, 0.1) is 0 Å². The second-order valence-electron chi connectivity index (χ2n) is 8.50. The van der Waals surface area contributed by atoms with Gasteiger partial charge in [-0.25, -0.2) is 4.79 Å². The van der Waals surface area contributed by atoms with Crippen LogP contribution in [0.3, 0.4) is 0 Å². The summed E-state index contributed by atoms with van der Waals surface area (Å²) in [5.74, 6) is -0.581. The number of carbonyl (C=O) groups excluding carboxylic acids is 1. The van der Waals surface area contributed by atoms with E-state index in [1.54, 1.807) is 30.3 Å². The lowest BCUT2D eigenvalue weighted by atomic mass is 10.1. The predicted molar refractivity (Wildman–Crippen MR) is 136 cm³/mol. The summed E-state index contributed by atoms with van der Waals surface area (Å²) in [6.45, 7) is 2.62. The summed E-state index contributed by atoms with van der Waals surface area (Å²) in [6.07, 6.45) is -2.67. The van der Waals surface area contributed by atoms with Gasteiger partial charge in [0.2, 0.25) is 5.72 Å². The summed E-state index contributed by atoms with van der Waals surface area (Å²) in [5, 5.41) is 24.8. The van der Waals surface area contributed by atoms with Crippen molar-refractivity contribution in [2.24, 2.45) is 5.11 Å². The van der Waals surface area contributed by atoms with Crippen LogP contribution in [0.25, 0.3) is 10.4 Å². The van der Waals surface area contributed by atoms with Gasteiger partial charge in [-0.1, -0.05) is 41.5 Å². The van der Waals surface area contributed by atoms with Crippen molar-refractivity contribution in [3.8, 4) is 5.75 Å². The zero-order valence-corrected chi connectivity index (χ0v) is 22.2. The highest BCUT2D eigenvalue weighted by Gasteiger charge is 2.56. The van der Waals surface area contributed by atoms with Gasteiger partial charge in [-0.2, -0.15) is 4.98 Å². The van der Waals surface area contributed by atoms with E-state index < -0.39 is 56.6 Å². The van der Waals surface area contributed by atoms with E-state index in [4.69, 9.17) is 30.1 Å². The molecule has 0 spiro atoms. The van der Waals surface area contributed by atoms with E-state index in [1.165, 1.54) is 19.2 Å². The summed E-state index contributed by atoms with van der Waals surface area (Å²) in [5.41, 5.74) is 11.4. The molecule has 0 bridgehead atoms. The van der Waals surface area contributed by atoms with Gasteiger partial charge in [0.05, 0.1) is 13.2 Å². The second kappa shape index (κ2) is 13.5. The highest BCUT2D eigenvalue weighted by molar-refractivity contribution is 7.36. The number of aliphatic hydroxyl groups is 2.